The Kier molecular flexibility index (Phi) is 3.57. The van der Waals surface area contributed by atoms with Crippen LogP contribution in [0.4, 0.5) is 0 Å². The minimum absolute atomic E-state index is 0.0225. The van der Waals surface area contributed by atoms with Gasteiger partial charge in [0, 0.05) is 5.92 Å². The van der Waals surface area contributed by atoms with E-state index in [2.05, 4.69) is 0 Å². The zero-order valence-electron chi connectivity index (χ0n) is 12.1. The van der Waals surface area contributed by atoms with Crippen LogP contribution in [0.15, 0.2) is 30.3 Å². The lowest BCUT2D eigenvalue weighted by atomic mass is 9.58. The molecule has 21 heavy (non-hydrogen) atoms. The molecule has 1 aromatic rings. The Morgan fingerprint density at radius 2 is 1.95 bits per heavy atom. The van der Waals surface area contributed by atoms with Crippen molar-refractivity contribution in [1.29, 1.82) is 0 Å². The maximum Gasteiger partial charge on any atom is 0.338 e. The molecule has 0 unspecified atom stereocenters. The van der Waals surface area contributed by atoms with E-state index < -0.39 is 17.5 Å². The fourth-order valence-corrected chi connectivity index (χ4v) is 4.03. The van der Waals surface area contributed by atoms with Gasteiger partial charge in [-0.2, -0.15) is 0 Å². The number of benzene rings is 1. The minimum Gasteiger partial charge on any atom is -0.467 e. The number of esters is 1. The number of carbonyl (C=O) groups is 2. The van der Waals surface area contributed by atoms with Crippen LogP contribution in [-0.4, -0.2) is 29.6 Å². The first-order valence-corrected chi connectivity index (χ1v) is 7.47. The quantitative estimate of drug-likeness (QED) is 0.846. The van der Waals surface area contributed by atoms with E-state index in [1.54, 1.807) is 0 Å². The predicted molar refractivity (Wildman–Crippen MR) is 76.6 cm³/mol. The first kappa shape index (κ1) is 14.3. The number of ketones is 1. The van der Waals surface area contributed by atoms with Crippen molar-refractivity contribution >= 4 is 11.8 Å². The van der Waals surface area contributed by atoms with E-state index in [-0.39, 0.29) is 24.0 Å². The summed E-state index contributed by atoms with van der Waals surface area (Å²) in [6, 6.07) is 9.69. The summed E-state index contributed by atoms with van der Waals surface area (Å²) in [6.07, 6.45) is 2.54. The van der Waals surface area contributed by atoms with E-state index in [1.165, 1.54) is 7.11 Å². The van der Waals surface area contributed by atoms with Crippen LogP contribution < -0.4 is 0 Å². The average Bonchev–Trinajstić information content (AvgIpc) is 2.51. The van der Waals surface area contributed by atoms with E-state index >= 15 is 0 Å². The van der Waals surface area contributed by atoms with E-state index in [1.807, 2.05) is 30.3 Å². The highest BCUT2D eigenvalue weighted by atomic mass is 16.5. The van der Waals surface area contributed by atoms with Crippen molar-refractivity contribution in [2.24, 2.45) is 11.8 Å². The Morgan fingerprint density at radius 3 is 2.62 bits per heavy atom. The van der Waals surface area contributed by atoms with Gasteiger partial charge in [-0.25, -0.2) is 4.79 Å². The monoisotopic (exact) mass is 288 g/mol. The average molecular weight is 288 g/mol. The smallest absolute Gasteiger partial charge is 0.338 e. The molecule has 0 aromatic heterocycles. The number of fused-ring (bicyclic) bond motifs is 2. The molecule has 2 fully saturated rings. The molecule has 1 N–H and O–H groups in total. The molecule has 2 aliphatic carbocycles. The maximum absolute atomic E-state index is 12.7. The van der Waals surface area contributed by atoms with Gasteiger partial charge in [0.05, 0.1) is 13.0 Å². The molecule has 4 atom stereocenters. The van der Waals surface area contributed by atoms with Gasteiger partial charge in [0.25, 0.3) is 0 Å². The summed E-state index contributed by atoms with van der Waals surface area (Å²) < 4.78 is 4.78. The number of hydrogen-bond acceptors (Lipinski definition) is 4. The molecule has 2 saturated carbocycles. The number of carbonyl (C=O) groups excluding carboxylic acids is 2. The van der Waals surface area contributed by atoms with Crippen LogP contribution in [0.3, 0.4) is 0 Å². The normalized spacial score (nSPS) is 35.3. The highest BCUT2D eigenvalue weighted by Crippen LogP contribution is 2.50. The minimum atomic E-state index is -1.68. The van der Waals surface area contributed by atoms with Crippen molar-refractivity contribution in [3.63, 3.8) is 0 Å². The molecule has 0 saturated heterocycles. The lowest BCUT2D eigenvalue weighted by molar-refractivity contribution is -0.182. The fourth-order valence-electron chi connectivity index (χ4n) is 4.03. The molecule has 2 bridgehead atoms. The summed E-state index contributed by atoms with van der Waals surface area (Å²) in [7, 11) is 1.26. The number of methoxy groups -OCH3 is 1. The molecular formula is C17H20O4. The molecule has 0 spiro atoms. The van der Waals surface area contributed by atoms with Gasteiger partial charge in [0.1, 0.15) is 5.78 Å². The Labute approximate surface area is 124 Å². The second-order valence-corrected chi connectivity index (χ2v) is 6.13. The van der Waals surface area contributed by atoms with Gasteiger partial charge < -0.3 is 9.84 Å². The lowest BCUT2D eigenvalue weighted by Gasteiger charge is -2.47. The Hall–Kier alpha value is -1.68. The van der Waals surface area contributed by atoms with Gasteiger partial charge in [-0.3, -0.25) is 4.79 Å². The summed E-state index contributed by atoms with van der Waals surface area (Å²) >= 11 is 0. The summed E-state index contributed by atoms with van der Waals surface area (Å²) in [5.41, 5.74) is -0.665. The van der Waals surface area contributed by atoms with Crippen molar-refractivity contribution < 1.29 is 19.4 Å². The van der Waals surface area contributed by atoms with Crippen molar-refractivity contribution in [1.82, 2.24) is 0 Å². The van der Waals surface area contributed by atoms with Crippen LogP contribution in [0.2, 0.25) is 0 Å². The summed E-state index contributed by atoms with van der Waals surface area (Å²) in [5.74, 6) is -1.46. The summed E-state index contributed by atoms with van der Waals surface area (Å²) in [5, 5.41) is 10.9. The van der Waals surface area contributed by atoms with Crippen LogP contribution in [0.25, 0.3) is 0 Å². The van der Waals surface area contributed by atoms with Gasteiger partial charge in [0.15, 0.2) is 5.60 Å². The maximum atomic E-state index is 12.7. The summed E-state index contributed by atoms with van der Waals surface area (Å²) in [6.45, 7) is 0. The molecule has 4 nitrogen and oxygen atoms in total. The molecule has 3 rings (SSSR count). The van der Waals surface area contributed by atoms with Crippen molar-refractivity contribution in [2.75, 3.05) is 7.11 Å². The first-order chi connectivity index (χ1) is 10.1. The summed E-state index contributed by atoms with van der Waals surface area (Å²) in [4.78, 5) is 24.7. The molecule has 4 heteroatoms. The van der Waals surface area contributed by atoms with Crippen molar-refractivity contribution in [3.05, 3.63) is 35.9 Å². The third-order valence-corrected chi connectivity index (χ3v) is 5.08. The molecule has 0 amide bonds. The van der Waals surface area contributed by atoms with E-state index in [0.29, 0.717) is 6.42 Å². The van der Waals surface area contributed by atoms with Gasteiger partial charge in [-0.15, -0.1) is 0 Å². The number of ether oxygens (including phenoxy) is 1. The highest BCUT2D eigenvalue weighted by molar-refractivity contribution is 5.94. The zero-order valence-corrected chi connectivity index (χ0v) is 12.1. The second-order valence-electron chi connectivity index (χ2n) is 6.13. The number of aliphatic hydroxyl groups is 1. The Balaban J connectivity index is 2.02. The predicted octanol–water partition coefficient (Wildman–Crippen LogP) is 2.06. The number of rotatable bonds is 2. The van der Waals surface area contributed by atoms with Crippen LogP contribution in [0, 0.1) is 11.8 Å². The van der Waals surface area contributed by atoms with E-state index in [9.17, 15) is 14.7 Å². The fraction of sp³-hybridized carbons (Fsp3) is 0.529. The topological polar surface area (TPSA) is 63.6 Å². The van der Waals surface area contributed by atoms with E-state index in [0.717, 1.165) is 18.4 Å². The molecular weight excluding hydrogens is 268 g/mol. The SMILES string of the molecule is COC(=O)[C@]1(O)C[C@@H](c2ccccc2)[C@H]2CCC[C@@H]1C2=O. The zero-order chi connectivity index (χ0) is 15.0. The van der Waals surface area contributed by atoms with Gasteiger partial charge in [0.2, 0.25) is 0 Å². The van der Waals surface area contributed by atoms with Gasteiger partial charge in [-0.1, -0.05) is 36.8 Å². The molecule has 0 heterocycles. The number of hydrogen-bond donors (Lipinski definition) is 1. The number of Topliss-reactive ketones (excluding diaryl/α,β-unsaturated/α-hetero) is 1. The third-order valence-electron chi connectivity index (χ3n) is 5.08. The van der Waals surface area contributed by atoms with Crippen LogP contribution in [0.5, 0.6) is 0 Å². The largest absolute Gasteiger partial charge is 0.467 e. The molecule has 1 aromatic carbocycles. The van der Waals surface area contributed by atoms with Crippen molar-refractivity contribution in [3.8, 4) is 0 Å². The molecule has 2 aliphatic rings. The van der Waals surface area contributed by atoms with Crippen LogP contribution in [0.1, 0.15) is 37.2 Å². The van der Waals surface area contributed by atoms with E-state index in [4.69, 9.17) is 4.74 Å². The standard InChI is InChI=1S/C17H20O4/c1-21-16(19)17(20)10-13(11-6-3-2-4-7-11)12-8-5-9-14(17)15(12)18/h2-4,6-7,12-14,20H,5,8-10H2,1H3/t12-,13+,14-,17+/m1/s1. The Bertz CT molecular complexity index is 553. The van der Waals surface area contributed by atoms with Gasteiger partial charge in [-0.05, 0) is 30.7 Å². The molecule has 112 valence electrons. The molecule has 0 radical (unpaired) electrons. The third kappa shape index (κ3) is 2.18. The lowest BCUT2D eigenvalue weighted by Crippen LogP contribution is -2.58. The second kappa shape index (κ2) is 5.26. The first-order valence-electron chi connectivity index (χ1n) is 7.47. The van der Waals surface area contributed by atoms with Crippen molar-refractivity contribution in [2.45, 2.75) is 37.2 Å². The van der Waals surface area contributed by atoms with Gasteiger partial charge >= 0.3 is 5.97 Å². The van der Waals surface area contributed by atoms with Crippen LogP contribution >= 0.6 is 0 Å². The molecule has 0 aliphatic heterocycles. The highest BCUT2D eigenvalue weighted by Gasteiger charge is 2.58. The Morgan fingerprint density at radius 1 is 1.24 bits per heavy atom. The van der Waals surface area contributed by atoms with Crippen LogP contribution in [-0.2, 0) is 14.3 Å².